The zero-order chi connectivity index (χ0) is 29.5. The molecule has 0 atom stereocenters. The van der Waals surface area contributed by atoms with Crippen LogP contribution >= 0.6 is 11.6 Å². The monoisotopic (exact) mass is 584 g/mol. The van der Waals surface area contributed by atoms with Gasteiger partial charge in [0.2, 0.25) is 5.91 Å². The molecule has 0 aromatic heterocycles. The molecule has 6 nitrogen and oxygen atoms in total. The van der Waals surface area contributed by atoms with Crippen molar-refractivity contribution < 1.29 is 19.1 Å². The Morgan fingerprint density at radius 3 is 1.88 bits per heavy atom. The summed E-state index contributed by atoms with van der Waals surface area (Å²) in [5.74, 6) is 0.133. The molecule has 0 aliphatic carbocycles. The number of halogens is 1. The van der Waals surface area contributed by atoms with Gasteiger partial charge in [0.05, 0.1) is 18.4 Å². The molecule has 0 heterocycles. The van der Waals surface area contributed by atoms with Crippen molar-refractivity contribution in [3.63, 3.8) is 0 Å². The van der Waals surface area contributed by atoms with E-state index in [4.69, 9.17) is 21.1 Å². The lowest BCUT2D eigenvalue weighted by Gasteiger charge is -2.11. The lowest BCUT2D eigenvalue weighted by molar-refractivity contribution is -0.121. The van der Waals surface area contributed by atoms with Crippen LogP contribution in [-0.4, -0.2) is 24.7 Å². The van der Waals surface area contributed by atoms with Gasteiger partial charge in [-0.15, -0.1) is 0 Å². The van der Waals surface area contributed by atoms with Crippen molar-refractivity contribution in [3.8, 4) is 11.5 Å². The first-order valence-electron chi connectivity index (χ1n) is 15.6. The van der Waals surface area contributed by atoms with Crippen LogP contribution in [0.4, 0.5) is 0 Å². The van der Waals surface area contributed by atoms with E-state index in [1.165, 1.54) is 83.5 Å². The summed E-state index contributed by atoms with van der Waals surface area (Å²) in [6.07, 6.45) is 21.5. The number of ether oxygens (including phenoxy) is 2. The third-order valence-corrected chi connectivity index (χ3v) is 7.21. The lowest BCUT2D eigenvalue weighted by atomic mass is 10.0. The van der Waals surface area contributed by atoms with Crippen molar-refractivity contribution in [2.75, 3.05) is 6.61 Å². The largest absolute Gasteiger partial charge is 0.490 e. The summed E-state index contributed by atoms with van der Waals surface area (Å²) in [4.78, 5) is 24.6. The number of hydrogen-bond acceptors (Lipinski definition) is 5. The molecule has 41 heavy (non-hydrogen) atoms. The van der Waals surface area contributed by atoms with Crippen LogP contribution in [-0.2, 0) is 4.79 Å². The molecule has 2 aromatic rings. The maximum absolute atomic E-state index is 12.5. The zero-order valence-electron chi connectivity index (χ0n) is 25.1. The molecule has 0 bridgehead atoms. The van der Waals surface area contributed by atoms with Crippen LogP contribution < -0.4 is 14.9 Å². The number of carbonyl (C=O) groups is 2. The molecular formula is C34H49ClN2O4. The van der Waals surface area contributed by atoms with Gasteiger partial charge in [-0.2, -0.15) is 5.10 Å². The molecule has 7 heteroatoms. The highest BCUT2D eigenvalue weighted by Crippen LogP contribution is 2.29. The molecule has 2 aromatic carbocycles. The van der Waals surface area contributed by atoms with Gasteiger partial charge in [0, 0.05) is 11.4 Å². The number of carbonyl (C=O) groups excluding carboxylic acids is 2. The second-order valence-electron chi connectivity index (χ2n) is 10.5. The molecule has 1 amide bonds. The predicted octanol–water partition coefficient (Wildman–Crippen LogP) is 9.67. The van der Waals surface area contributed by atoms with E-state index in [0.29, 0.717) is 40.7 Å². The summed E-state index contributed by atoms with van der Waals surface area (Å²) in [5, 5.41) is 4.62. The van der Waals surface area contributed by atoms with Crippen molar-refractivity contribution in [2.24, 2.45) is 5.10 Å². The SMILES string of the molecule is CCCCCCCCCCCCCCCCCC(=O)NN=Cc1ccc(OC(=O)c2ccc(Cl)cc2)c(OCC)c1. The molecule has 0 aliphatic rings. The standard InChI is InChI=1S/C34H49ClN2O4/c1-3-5-6-7-8-9-10-11-12-13-14-15-16-17-18-19-33(38)37-36-27-28-20-25-31(32(26-28)40-4-2)41-34(39)29-21-23-30(35)24-22-29/h20-27H,3-19H2,1-2H3,(H,37,38). The highest BCUT2D eigenvalue weighted by atomic mass is 35.5. The van der Waals surface area contributed by atoms with Gasteiger partial charge >= 0.3 is 5.97 Å². The molecular weight excluding hydrogens is 536 g/mol. The molecule has 0 saturated heterocycles. The van der Waals surface area contributed by atoms with Gasteiger partial charge in [-0.1, -0.05) is 108 Å². The van der Waals surface area contributed by atoms with Gasteiger partial charge in [0.15, 0.2) is 11.5 Å². The third kappa shape index (κ3) is 15.6. The molecule has 0 unspecified atom stereocenters. The van der Waals surface area contributed by atoms with Crippen molar-refractivity contribution in [1.29, 1.82) is 0 Å². The van der Waals surface area contributed by atoms with Crippen molar-refractivity contribution in [2.45, 2.75) is 117 Å². The number of hydrazone groups is 1. The Hall–Kier alpha value is -2.86. The second kappa shape index (κ2) is 21.8. The summed E-state index contributed by atoms with van der Waals surface area (Å²) >= 11 is 5.89. The zero-order valence-corrected chi connectivity index (χ0v) is 25.9. The first-order chi connectivity index (χ1) is 20.0. The Kier molecular flexibility index (Phi) is 18.3. The summed E-state index contributed by atoms with van der Waals surface area (Å²) in [7, 11) is 0. The molecule has 0 spiro atoms. The van der Waals surface area contributed by atoms with Gasteiger partial charge in [-0.3, -0.25) is 4.79 Å². The highest BCUT2D eigenvalue weighted by molar-refractivity contribution is 6.30. The fraction of sp³-hybridized carbons (Fsp3) is 0.559. The molecule has 226 valence electrons. The predicted molar refractivity (Wildman–Crippen MR) is 169 cm³/mol. The Balaban J connectivity index is 1.58. The number of rotatable bonds is 22. The van der Waals surface area contributed by atoms with Crippen molar-refractivity contribution in [1.82, 2.24) is 5.43 Å². The number of hydrogen-bond donors (Lipinski definition) is 1. The molecule has 1 N–H and O–H groups in total. The molecule has 0 saturated carbocycles. The topological polar surface area (TPSA) is 77.0 Å². The van der Waals surface area contributed by atoms with Gasteiger partial charge in [0.1, 0.15) is 0 Å². The Labute approximate surface area is 252 Å². The summed E-state index contributed by atoms with van der Waals surface area (Å²) in [5.41, 5.74) is 3.70. The Morgan fingerprint density at radius 1 is 0.756 bits per heavy atom. The quantitative estimate of drug-likeness (QED) is 0.0491. The van der Waals surface area contributed by atoms with Crippen LogP contribution in [0.2, 0.25) is 5.02 Å². The fourth-order valence-corrected chi connectivity index (χ4v) is 4.72. The van der Waals surface area contributed by atoms with Crippen LogP contribution in [0.3, 0.4) is 0 Å². The van der Waals surface area contributed by atoms with Crippen LogP contribution in [0.1, 0.15) is 133 Å². The van der Waals surface area contributed by atoms with Crippen LogP contribution in [0.15, 0.2) is 47.6 Å². The first-order valence-corrected chi connectivity index (χ1v) is 16.0. The number of nitrogens with zero attached hydrogens (tertiary/aromatic N) is 1. The smallest absolute Gasteiger partial charge is 0.343 e. The van der Waals surface area contributed by atoms with E-state index >= 15 is 0 Å². The Bertz CT molecular complexity index is 1040. The maximum atomic E-state index is 12.5. The van der Waals surface area contributed by atoms with E-state index < -0.39 is 5.97 Å². The summed E-state index contributed by atoms with van der Waals surface area (Å²) < 4.78 is 11.2. The normalized spacial score (nSPS) is 11.1. The van der Waals surface area contributed by atoms with E-state index in [2.05, 4.69) is 17.5 Å². The molecule has 0 radical (unpaired) electrons. The van der Waals surface area contributed by atoms with E-state index in [9.17, 15) is 9.59 Å². The number of nitrogens with one attached hydrogen (secondary N) is 1. The minimum Gasteiger partial charge on any atom is -0.490 e. The molecule has 0 fully saturated rings. The molecule has 0 aliphatic heterocycles. The van der Waals surface area contributed by atoms with Crippen LogP contribution in [0.5, 0.6) is 11.5 Å². The highest BCUT2D eigenvalue weighted by Gasteiger charge is 2.13. The van der Waals surface area contributed by atoms with E-state index in [1.54, 1.807) is 48.7 Å². The van der Waals surface area contributed by atoms with Crippen molar-refractivity contribution in [3.05, 3.63) is 58.6 Å². The number of esters is 1. The van der Waals surface area contributed by atoms with E-state index in [1.807, 2.05) is 6.92 Å². The van der Waals surface area contributed by atoms with E-state index in [-0.39, 0.29) is 5.91 Å². The van der Waals surface area contributed by atoms with Crippen LogP contribution in [0.25, 0.3) is 0 Å². The van der Waals surface area contributed by atoms with Gasteiger partial charge in [0.25, 0.3) is 0 Å². The van der Waals surface area contributed by atoms with E-state index in [0.717, 1.165) is 12.8 Å². The second-order valence-corrected chi connectivity index (χ2v) is 11.0. The lowest BCUT2D eigenvalue weighted by Crippen LogP contribution is -2.16. The minimum absolute atomic E-state index is 0.0884. The first kappa shape index (κ1) is 34.3. The van der Waals surface area contributed by atoms with Crippen LogP contribution in [0, 0.1) is 0 Å². The maximum Gasteiger partial charge on any atom is 0.343 e. The van der Waals surface area contributed by atoms with Gasteiger partial charge < -0.3 is 9.47 Å². The van der Waals surface area contributed by atoms with Gasteiger partial charge in [-0.05, 0) is 61.4 Å². The molecule has 2 rings (SSSR count). The number of unbranched alkanes of at least 4 members (excludes halogenated alkanes) is 14. The number of amides is 1. The summed E-state index contributed by atoms with van der Waals surface area (Å²) in [6, 6.07) is 11.6. The van der Waals surface area contributed by atoms with Crippen molar-refractivity contribution >= 4 is 29.7 Å². The third-order valence-electron chi connectivity index (χ3n) is 6.96. The average molecular weight is 585 g/mol. The van der Waals surface area contributed by atoms with Gasteiger partial charge in [-0.25, -0.2) is 10.2 Å². The minimum atomic E-state index is -0.505. The number of benzene rings is 2. The average Bonchev–Trinajstić information content (AvgIpc) is 2.97. The summed E-state index contributed by atoms with van der Waals surface area (Å²) in [6.45, 7) is 4.52. The Morgan fingerprint density at radius 2 is 1.32 bits per heavy atom. The fourth-order valence-electron chi connectivity index (χ4n) is 4.59.